The van der Waals surface area contributed by atoms with E-state index in [0.717, 1.165) is 28.9 Å². The molecule has 6 rings (SSSR count). The quantitative estimate of drug-likeness (QED) is 0.226. The molecule has 1 spiro atoms. The Balaban J connectivity index is 1.15. The lowest BCUT2D eigenvalue weighted by atomic mass is 9.76. The molecule has 0 bridgehead atoms. The molecule has 2 aliphatic rings. The van der Waals surface area contributed by atoms with Crippen LogP contribution in [0.15, 0.2) is 103 Å². The molecule has 4 aromatic carbocycles. The number of nitrogens with one attached hydrogen (secondary N) is 2. The molecule has 2 atom stereocenters. The fourth-order valence-electron chi connectivity index (χ4n) is 7.11. The summed E-state index contributed by atoms with van der Waals surface area (Å²) in [5.41, 5.74) is 4.63. The topological polar surface area (TPSA) is 98.8 Å². The van der Waals surface area contributed by atoms with Crippen LogP contribution >= 0.6 is 0 Å². The first-order valence-corrected chi connectivity index (χ1v) is 16.7. The normalized spacial score (nSPS) is 18.8. The van der Waals surface area contributed by atoms with E-state index in [4.69, 9.17) is 0 Å². The Labute approximate surface area is 282 Å². The molecule has 1 fully saturated rings. The van der Waals surface area contributed by atoms with E-state index in [1.165, 1.54) is 0 Å². The summed E-state index contributed by atoms with van der Waals surface area (Å²) in [6, 6.07) is 32.0. The number of ketones is 1. The summed E-state index contributed by atoms with van der Waals surface area (Å²) in [7, 11) is 3.91. The number of carbonyl (C=O) groups is 4. The van der Waals surface area contributed by atoms with Crippen molar-refractivity contribution in [2.75, 3.05) is 43.9 Å². The Morgan fingerprint density at radius 2 is 1.56 bits per heavy atom. The number of hydrogen-bond donors (Lipinski definition) is 2. The standard InChI is InChI=1S/C40H42N4O4/c1-43(2)25-23-41-36(45)26-30-20-21-40(37(30)46)22-24-44(35-15-9-6-12-31(35)27-40)39(48)29-16-18-32(19-17-29)42-38(47)34-14-8-7-13-33(34)28-10-4-3-5-11-28/h3-19,30H,20-27H2,1-2H3,(H,41,45)(H,42,47). The van der Waals surface area contributed by atoms with Crippen LogP contribution in [0.1, 0.15) is 52.0 Å². The number of hydrogen-bond acceptors (Lipinski definition) is 5. The minimum absolute atomic E-state index is 0.0851. The van der Waals surface area contributed by atoms with Crippen molar-refractivity contribution >= 4 is 34.9 Å². The molecule has 1 aliphatic heterocycles. The summed E-state index contributed by atoms with van der Waals surface area (Å²) in [5, 5.41) is 5.92. The van der Waals surface area contributed by atoms with E-state index in [1.54, 1.807) is 35.2 Å². The fourth-order valence-corrected chi connectivity index (χ4v) is 7.11. The van der Waals surface area contributed by atoms with E-state index in [1.807, 2.05) is 91.8 Å². The highest BCUT2D eigenvalue weighted by Gasteiger charge is 2.49. The number of carbonyl (C=O) groups excluding carboxylic acids is 4. The van der Waals surface area contributed by atoms with Crippen molar-refractivity contribution in [2.45, 2.75) is 32.1 Å². The van der Waals surface area contributed by atoms with Gasteiger partial charge in [-0.2, -0.15) is 0 Å². The van der Waals surface area contributed by atoms with Crippen LogP contribution < -0.4 is 15.5 Å². The summed E-state index contributed by atoms with van der Waals surface area (Å²) >= 11 is 0. The third-order valence-electron chi connectivity index (χ3n) is 9.69. The van der Waals surface area contributed by atoms with Gasteiger partial charge in [-0.05, 0) is 92.9 Å². The van der Waals surface area contributed by atoms with Gasteiger partial charge in [-0.1, -0.05) is 66.7 Å². The number of nitrogens with zero attached hydrogens (tertiary/aromatic N) is 2. The molecule has 0 saturated heterocycles. The Hall–Kier alpha value is -5.08. The molecular formula is C40H42N4O4. The lowest BCUT2D eigenvalue weighted by molar-refractivity contribution is -0.132. The molecule has 8 heteroatoms. The molecule has 1 saturated carbocycles. The average molecular weight is 643 g/mol. The minimum Gasteiger partial charge on any atom is -0.355 e. The highest BCUT2D eigenvalue weighted by Crippen LogP contribution is 2.48. The van der Waals surface area contributed by atoms with Gasteiger partial charge >= 0.3 is 0 Å². The number of rotatable bonds is 9. The molecule has 246 valence electrons. The first-order chi connectivity index (χ1) is 23.2. The van der Waals surface area contributed by atoms with E-state index in [2.05, 4.69) is 10.6 Å². The predicted octanol–water partition coefficient (Wildman–Crippen LogP) is 6.23. The summed E-state index contributed by atoms with van der Waals surface area (Å²) in [5.74, 6) is -0.637. The van der Waals surface area contributed by atoms with Gasteiger partial charge in [0.15, 0.2) is 0 Å². The van der Waals surface area contributed by atoms with Crippen molar-refractivity contribution in [3.8, 4) is 11.1 Å². The second-order valence-corrected chi connectivity index (χ2v) is 13.2. The molecule has 0 radical (unpaired) electrons. The summed E-state index contributed by atoms with van der Waals surface area (Å²) in [4.78, 5) is 57.7. The minimum atomic E-state index is -0.593. The van der Waals surface area contributed by atoms with Gasteiger partial charge in [-0.3, -0.25) is 19.2 Å². The van der Waals surface area contributed by atoms with Crippen molar-refractivity contribution in [3.05, 3.63) is 120 Å². The van der Waals surface area contributed by atoms with Crippen LogP contribution in [0, 0.1) is 11.3 Å². The van der Waals surface area contributed by atoms with Gasteiger partial charge in [0.25, 0.3) is 11.8 Å². The van der Waals surface area contributed by atoms with E-state index in [9.17, 15) is 19.2 Å². The van der Waals surface area contributed by atoms with E-state index in [-0.39, 0.29) is 35.8 Å². The zero-order valence-corrected chi connectivity index (χ0v) is 27.6. The highest BCUT2D eigenvalue weighted by atomic mass is 16.2. The lowest BCUT2D eigenvalue weighted by Gasteiger charge is -2.27. The van der Waals surface area contributed by atoms with Gasteiger partial charge in [-0.25, -0.2) is 0 Å². The maximum absolute atomic E-state index is 14.0. The molecule has 2 N–H and O–H groups in total. The predicted molar refractivity (Wildman–Crippen MR) is 189 cm³/mol. The van der Waals surface area contributed by atoms with E-state index in [0.29, 0.717) is 55.6 Å². The van der Waals surface area contributed by atoms with Gasteiger partial charge in [0.05, 0.1) is 0 Å². The monoisotopic (exact) mass is 642 g/mol. The van der Waals surface area contributed by atoms with Crippen LogP contribution in [0.5, 0.6) is 0 Å². The fraction of sp³-hybridized carbons (Fsp3) is 0.300. The molecule has 4 aromatic rings. The van der Waals surface area contributed by atoms with Crippen LogP contribution in [-0.2, 0) is 16.0 Å². The van der Waals surface area contributed by atoms with Crippen LogP contribution in [0.2, 0.25) is 0 Å². The van der Waals surface area contributed by atoms with Crippen molar-refractivity contribution < 1.29 is 19.2 Å². The Morgan fingerprint density at radius 1 is 0.854 bits per heavy atom. The summed E-state index contributed by atoms with van der Waals surface area (Å²) in [6.45, 7) is 1.70. The van der Waals surface area contributed by atoms with Gasteiger partial charge in [0.1, 0.15) is 5.78 Å². The van der Waals surface area contributed by atoms with Crippen LogP contribution in [0.4, 0.5) is 11.4 Å². The molecular weight excluding hydrogens is 600 g/mol. The van der Waals surface area contributed by atoms with E-state index >= 15 is 0 Å². The molecule has 3 amide bonds. The molecule has 8 nitrogen and oxygen atoms in total. The van der Waals surface area contributed by atoms with Crippen LogP contribution in [0.25, 0.3) is 11.1 Å². The van der Waals surface area contributed by atoms with Gasteiger partial charge in [-0.15, -0.1) is 0 Å². The maximum Gasteiger partial charge on any atom is 0.258 e. The number of benzene rings is 4. The lowest BCUT2D eigenvalue weighted by Crippen LogP contribution is -2.37. The van der Waals surface area contributed by atoms with Gasteiger partial charge in [0.2, 0.25) is 5.91 Å². The van der Waals surface area contributed by atoms with Gasteiger partial charge in [0, 0.05) is 59.9 Å². The number of amides is 3. The Kier molecular flexibility index (Phi) is 9.82. The second kappa shape index (κ2) is 14.4. The molecule has 2 unspecified atom stereocenters. The number of Topliss-reactive ketones (excluding diaryl/α,β-unsaturated/α-hetero) is 1. The Morgan fingerprint density at radius 3 is 2.33 bits per heavy atom. The summed E-state index contributed by atoms with van der Waals surface area (Å²) in [6.07, 6.45) is 2.69. The van der Waals surface area contributed by atoms with Crippen molar-refractivity contribution in [1.82, 2.24) is 10.2 Å². The third-order valence-corrected chi connectivity index (χ3v) is 9.69. The summed E-state index contributed by atoms with van der Waals surface area (Å²) < 4.78 is 0. The largest absolute Gasteiger partial charge is 0.355 e. The number of fused-ring (bicyclic) bond motifs is 1. The van der Waals surface area contributed by atoms with E-state index < -0.39 is 5.41 Å². The zero-order chi connectivity index (χ0) is 33.7. The smallest absolute Gasteiger partial charge is 0.258 e. The van der Waals surface area contributed by atoms with Crippen molar-refractivity contribution in [3.63, 3.8) is 0 Å². The van der Waals surface area contributed by atoms with Crippen LogP contribution in [0.3, 0.4) is 0 Å². The van der Waals surface area contributed by atoms with Crippen molar-refractivity contribution in [1.29, 1.82) is 0 Å². The molecule has 0 aromatic heterocycles. The first kappa shape index (κ1) is 32.8. The first-order valence-electron chi connectivity index (χ1n) is 16.7. The molecule has 1 heterocycles. The van der Waals surface area contributed by atoms with Gasteiger partial charge < -0.3 is 20.4 Å². The highest BCUT2D eigenvalue weighted by molar-refractivity contribution is 6.10. The second-order valence-electron chi connectivity index (χ2n) is 13.2. The zero-order valence-electron chi connectivity index (χ0n) is 27.6. The SMILES string of the molecule is CN(C)CCNC(=O)CC1CCC2(CCN(C(=O)c3ccc(NC(=O)c4ccccc4-c4ccccc4)cc3)c3ccccc3C2)C1=O. The van der Waals surface area contributed by atoms with Crippen molar-refractivity contribution in [2.24, 2.45) is 11.3 Å². The number of para-hydroxylation sites is 1. The maximum atomic E-state index is 14.0. The molecule has 48 heavy (non-hydrogen) atoms. The van der Waals surface area contributed by atoms with Crippen LogP contribution in [-0.4, -0.2) is 62.1 Å². The average Bonchev–Trinajstić information content (AvgIpc) is 3.28. The molecule has 1 aliphatic carbocycles. The Bertz CT molecular complexity index is 1800. The number of likely N-dealkylation sites (N-methyl/N-ethyl adjacent to an activating group) is 1. The third kappa shape index (κ3) is 7.09. The number of anilines is 2.